The maximum Gasteiger partial charge on any atom is 0.305 e. The Bertz CT molecular complexity index is 690. The Hall–Kier alpha value is -1.68. The molecule has 0 aromatic heterocycles. The van der Waals surface area contributed by atoms with Crippen molar-refractivity contribution in [3.05, 3.63) is 36.5 Å². The van der Waals surface area contributed by atoms with Gasteiger partial charge >= 0.3 is 5.97 Å². The summed E-state index contributed by atoms with van der Waals surface area (Å²) in [6, 6.07) is 0. The second-order valence-corrected chi connectivity index (χ2v) is 8.23. The van der Waals surface area contributed by atoms with Gasteiger partial charge in [0, 0.05) is 6.42 Å². The van der Waals surface area contributed by atoms with Crippen molar-refractivity contribution >= 4 is 11.8 Å². The summed E-state index contributed by atoms with van der Waals surface area (Å²) in [6.07, 6.45) is 6.12. The van der Waals surface area contributed by atoms with Crippen molar-refractivity contribution in [1.29, 1.82) is 0 Å². The Balaban J connectivity index is 2.05. The molecule has 0 amide bonds. The van der Waals surface area contributed by atoms with Gasteiger partial charge in [0.25, 0.3) is 0 Å². The van der Waals surface area contributed by atoms with Crippen LogP contribution >= 0.6 is 0 Å². The van der Waals surface area contributed by atoms with Crippen LogP contribution in [0.4, 0.5) is 0 Å². The maximum atomic E-state index is 12.9. The minimum Gasteiger partial charge on any atom is -0.469 e. The molecule has 2 fully saturated rings. The Kier molecular flexibility index (Phi) is 4.11. The van der Waals surface area contributed by atoms with E-state index >= 15 is 0 Å². The summed E-state index contributed by atoms with van der Waals surface area (Å²) in [5.41, 5.74) is 0.754. The molecule has 3 aliphatic rings. The molecule has 4 nitrogen and oxygen atoms in total. The van der Waals surface area contributed by atoms with E-state index in [-0.39, 0.29) is 34.8 Å². The van der Waals surface area contributed by atoms with Crippen molar-refractivity contribution in [2.45, 2.75) is 58.2 Å². The smallest absolute Gasteiger partial charge is 0.305 e. The zero-order valence-electron chi connectivity index (χ0n) is 15.7. The first kappa shape index (κ1) is 18.1. The van der Waals surface area contributed by atoms with E-state index in [1.165, 1.54) is 7.11 Å². The summed E-state index contributed by atoms with van der Waals surface area (Å²) in [7, 11) is 1.40. The molecule has 4 heteroatoms. The molecular weight excluding hydrogens is 316 g/mol. The van der Waals surface area contributed by atoms with E-state index in [1.54, 1.807) is 12.2 Å². The highest BCUT2D eigenvalue weighted by atomic mass is 16.6. The number of esters is 1. The summed E-state index contributed by atoms with van der Waals surface area (Å²) < 4.78 is 11.0. The molecule has 1 aliphatic heterocycles. The average Bonchev–Trinajstić information content (AvgIpc) is 3.31. The van der Waals surface area contributed by atoms with E-state index in [0.717, 1.165) is 24.0 Å². The third-order valence-electron chi connectivity index (χ3n) is 6.79. The molecular formula is C21H28O4. The number of ether oxygens (including phenoxy) is 2. The van der Waals surface area contributed by atoms with E-state index in [4.69, 9.17) is 9.47 Å². The van der Waals surface area contributed by atoms with Gasteiger partial charge in [-0.05, 0) is 56.1 Å². The number of methoxy groups -OCH3 is 1. The van der Waals surface area contributed by atoms with Crippen LogP contribution in [-0.4, -0.2) is 30.6 Å². The molecule has 136 valence electrons. The highest BCUT2D eigenvalue weighted by Crippen LogP contribution is 2.67. The minimum absolute atomic E-state index is 0.0438. The van der Waals surface area contributed by atoms with Crippen LogP contribution < -0.4 is 0 Å². The van der Waals surface area contributed by atoms with Crippen LogP contribution in [0.25, 0.3) is 0 Å². The largest absolute Gasteiger partial charge is 0.469 e. The predicted octanol–water partition coefficient (Wildman–Crippen LogP) is 3.77. The van der Waals surface area contributed by atoms with Crippen LogP contribution in [0.2, 0.25) is 0 Å². The Labute approximate surface area is 150 Å². The Morgan fingerprint density at radius 3 is 2.72 bits per heavy atom. The van der Waals surface area contributed by atoms with Crippen molar-refractivity contribution in [2.24, 2.45) is 16.7 Å². The van der Waals surface area contributed by atoms with E-state index < -0.39 is 5.41 Å². The number of ketones is 1. The second-order valence-electron chi connectivity index (χ2n) is 8.23. The molecule has 5 atom stereocenters. The first-order valence-corrected chi connectivity index (χ1v) is 8.96. The van der Waals surface area contributed by atoms with E-state index in [1.807, 2.05) is 13.8 Å². The van der Waals surface area contributed by atoms with Crippen molar-refractivity contribution < 1.29 is 19.1 Å². The van der Waals surface area contributed by atoms with Crippen molar-refractivity contribution in [3.8, 4) is 0 Å². The van der Waals surface area contributed by atoms with Crippen LogP contribution in [-0.2, 0) is 19.1 Å². The molecule has 1 saturated heterocycles. The molecule has 1 saturated carbocycles. The molecule has 3 rings (SSSR count). The first-order chi connectivity index (χ1) is 11.7. The van der Waals surface area contributed by atoms with Gasteiger partial charge < -0.3 is 9.47 Å². The summed E-state index contributed by atoms with van der Waals surface area (Å²) in [6.45, 7) is 14.1. The van der Waals surface area contributed by atoms with E-state index in [9.17, 15) is 9.59 Å². The highest BCUT2D eigenvalue weighted by molar-refractivity contribution is 6.00. The van der Waals surface area contributed by atoms with Gasteiger partial charge in [-0.3, -0.25) is 9.59 Å². The number of carbonyl (C=O) groups excluding carboxylic acids is 2. The molecule has 0 N–H and O–H groups in total. The van der Waals surface area contributed by atoms with Gasteiger partial charge in [-0.1, -0.05) is 25.2 Å². The SMILES string of the molecule is C=C[C@@]1(C)C(=O)C=C2[C@](C)(CCC(=O)OC)[C@@H](C(=C)C)CC[C@@]23O[C@@H]13. The van der Waals surface area contributed by atoms with Crippen molar-refractivity contribution in [2.75, 3.05) is 7.11 Å². The monoisotopic (exact) mass is 344 g/mol. The number of hydrogen-bond acceptors (Lipinski definition) is 4. The average molecular weight is 344 g/mol. The van der Waals surface area contributed by atoms with Crippen LogP contribution in [0.1, 0.15) is 46.5 Å². The molecule has 1 heterocycles. The van der Waals surface area contributed by atoms with Crippen molar-refractivity contribution in [3.63, 3.8) is 0 Å². The lowest BCUT2D eigenvalue weighted by Crippen LogP contribution is -2.49. The summed E-state index contributed by atoms with van der Waals surface area (Å²) in [5.74, 6) is 0.0373. The van der Waals surface area contributed by atoms with Gasteiger partial charge in [-0.25, -0.2) is 0 Å². The van der Waals surface area contributed by atoms with Gasteiger partial charge in [0.1, 0.15) is 11.7 Å². The minimum atomic E-state index is -0.664. The summed E-state index contributed by atoms with van der Waals surface area (Å²) in [4.78, 5) is 24.6. The van der Waals surface area contributed by atoms with Gasteiger partial charge in [-0.2, -0.15) is 0 Å². The maximum absolute atomic E-state index is 12.9. The zero-order valence-corrected chi connectivity index (χ0v) is 15.7. The van der Waals surface area contributed by atoms with Gasteiger partial charge in [-0.15, -0.1) is 6.58 Å². The quantitative estimate of drug-likeness (QED) is 0.433. The predicted molar refractivity (Wildman–Crippen MR) is 95.9 cm³/mol. The summed E-state index contributed by atoms with van der Waals surface area (Å²) in [5, 5.41) is 0. The number of allylic oxidation sites excluding steroid dienone is 2. The highest BCUT2D eigenvalue weighted by Gasteiger charge is 2.73. The van der Waals surface area contributed by atoms with E-state index in [2.05, 4.69) is 20.1 Å². The Morgan fingerprint density at radius 1 is 1.48 bits per heavy atom. The second kappa shape index (κ2) is 5.66. The van der Waals surface area contributed by atoms with Gasteiger partial charge in [0.15, 0.2) is 5.78 Å². The molecule has 25 heavy (non-hydrogen) atoms. The van der Waals surface area contributed by atoms with Crippen LogP contribution in [0, 0.1) is 16.7 Å². The molecule has 1 spiro atoms. The fraction of sp³-hybridized carbons (Fsp3) is 0.619. The van der Waals surface area contributed by atoms with Crippen LogP contribution in [0.15, 0.2) is 36.5 Å². The Morgan fingerprint density at radius 2 is 2.16 bits per heavy atom. The first-order valence-electron chi connectivity index (χ1n) is 8.96. The number of epoxide rings is 1. The summed E-state index contributed by atoms with van der Waals surface area (Å²) >= 11 is 0. The zero-order chi connectivity index (χ0) is 18.6. The lowest BCUT2D eigenvalue weighted by atomic mass is 9.53. The number of hydrogen-bond donors (Lipinski definition) is 0. The standard InChI is InChI=1S/C21H28O4/c1-7-19(4)16(22)12-15-20(5,10-9-17(23)24-6)14(13(2)3)8-11-21(15)18(19)25-21/h7,12,14,18H,1-2,8-11H2,3-6H3/t14-,18+,19+,20-,21-/m1/s1. The van der Waals surface area contributed by atoms with Gasteiger partial charge in [0.05, 0.1) is 12.5 Å². The fourth-order valence-corrected chi connectivity index (χ4v) is 5.13. The molecule has 0 unspecified atom stereocenters. The molecule has 0 aromatic carbocycles. The molecule has 0 aromatic rings. The van der Waals surface area contributed by atoms with Crippen LogP contribution in [0.3, 0.4) is 0 Å². The normalized spacial score (nSPS) is 41.9. The number of carbonyl (C=O) groups is 2. The topological polar surface area (TPSA) is 55.9 Å². The fourth-order valence-electron chi connectivity index (χ4n) is 5.13. The molecule has 2 aliphatic carbocycles. The number of rotatable bonds is 5. The lowest BCUT2D eigenvalue weighted by Gasteiger charge is -2.49. The third-order valence-corrected chi connectivity index (χ3v) is 6.79. The molecule has 0 bridgehead atoms. The van der Waals surface area contributed by atoms with E-state index in [0.29, 0.717) is 12.8 Å². The van der Waals surface area contributed by atoms with Crippen molar-refractivity contribution in [1.82, 2.24) is 0 Å². The lowest BCUT2D eigenvalue weighted by molar-refractivity contribution is -0.141. The van der Waals surface area contributed by atoms with Crippen LogP contribution in [0.5, 0.6) is 0 Å². The van der Waals surface area contributed by atoms with Gasteiger partial charge in [0.2, 0.25) is 0 Å². The third kappa shape index (κ3) is 2.37. The molecule has 0 radical (unpaired) electrons.